The minimum absolute atomic E-state index is 0.184. The Morgan fingerprint density at radius 2 is 1.69 bits per heavy atom. The molecule has 0 unspecified atom stereocenters. The Morgan fingerprint density at radius 1 is 0.962 bits per heavy atom. The molecule has 2 N–H and O–H groups in total. The summed E-state index contributed by atoms with van der Waals surface area (Å²) in [6.07, 6.45) is 1.33. The number of carbonyl (C=O) groups excluding carboxylic acids is 2. The summed E-state index contributed by atoms with van der Waals surface area (Å²) in [4.78, 5) is 28.1. The van der Waals surface area contributed by atoms with Crippen LogP contribution >= 0.6 is 23.1 Å². The van der Waals surface area contributed by atoms with E-state index in [9.17, 15) is 9.59 Å². The van der Waals surface area contributed by atoms with Gasteiger partial charge in [-0.25, -0.2) is 4.98 Å². The molecule has 1 heterocycles. The number of rotatable bonds is 7. The zero-order valence-electron chi connectivity index (χ0n) is 14.1. The normalized spacial score (nSPS) is 10.6. The predicted octanol–water partition coefficient (Wildman–Crippen LogP) is 3.56. The molecular weight excluding hydrogens is 366 g/mol. The molecule has 0 aliphatic carbocycles. The van der Waals surface area contributed by atoms with E-state index in [0.717, 1.165) is 27.6 Å². The highest BCUT2D eigenvalue weighted by atomic mass is 32.2. The van der Waals surface area contributed by atoms with E-state index in [0.29, 0.717) is 6.42 Å². The number of nitrogens with one attached hydrogen (secondary N) is 2. The first-order valence-electron chi connectivity index (χ1n) is 8.31. The van der Waals surface area contributed by atoms with Gasteiger partial charge in [-0.05, 0) is 24.1 Å². The number of hydrogen-bond acceptors (Lipinski definition) is 5. The van der Waals surface area contributed by atoms with Crippen molar-refractivity contribution in [3.63, 3.8) is 0 Å². The molecule has 0 spiro atoms. The number of benzene rings is 2. The highest BCUT2D eigenvalue weighted by Crippen LogP contribution is 2.29. The smallest absolute Gasteiger partial charge is 0.242 e. The predicted molar refractivity (Wildman–Crippen MR) is 106 cm³/mol. The van der Waals surface area contributed by atoms with Crippen molar-refractivity contribution in [1.82, 2.24) is 15.8 Å². The Morgan fingerprint density at radius 3 is 2.50 bits per heavy atom. The molecule has 0 saturated carbocycles. The first-order chi connectivity index (χ1) is 12.7. The van der Waals surface area contributed by atoms with Crippen molar-refractivity contribution >= 4 is 45.1 Å². The van der Waals surface area contributed by atoms with E-state index in [4.69, 9.17) is 0 Å². The van der Waals surface area contributed by atoms with Crippen molar-refractivity contribution in [1.29, 1.82) is 0 Å². The van der Waals surface area contributed by atoms with Gasteiger partial charge >= 0.3 is 0 Å². The summed E-state index contributed by atoms with van der Waals surface area (Å²) in [5.41, 5.74) is 6.84. The molecule has 0 fully saturated rings. The minimum Gasteiger partial charge on any atom is -0.273 e. The fourth-order valence-electron chi connectivity index (χ4n) is 2.33. The maximum absolute atomic E-state index is 11.8. The summed E-state index contributed by atoms with van der Waals surface area (Å²) < 4.78 is 2.19. The average molecular weight is 386 g/mol. The Labute approximate surface area is 160 Å². The molecule has 2 amide bonds. The van der Waals surface area contributed by atoms with Crippen LogP contribution in [0, 0.1) is 0 Å². The van der Waals surface area contributed by atoms with Crippen LogP contribution in [0.5, 0.6) is 0 Å². The highest BCUT2D eigenvalue weighted by Gasteiger charge is 2.07. The maximum Gasteiger partial charge on any atom is 0.242 e. The van der Waals surface area contributed by atoms with Gasteiger partial charge in [-0.2, -0.15) is 0 Å². The lowest BCUT2D eigenvalue weighted by Crippen LogP contribution is -2.42. The van der Waals surface area contributed by atoms with Crippen molar-refractivity contribution in [3.05, 3.63) is 60.2 Å². The maximum atomic E-state index is 11.8. The average Bonchev–Trinajstić information content (AvgIpc) is 3.07. The van der Waals surface area contributed by atoms with Gasteiger partial charge < -0.3 is 0 Å². The number of thiazole rings is 1. The van der Waals surface area contributed by atoms with Crippen LogP contribution in [0.4, 0.5) is 0 Å². The van der Waals surface area contributed by atoms with Crippen LogP contribution in [0.3, 0.4) is 0 Å². The van der Waals surface area contributed by atoms with E-state index < -0.39 is 0 Å². The fraction of sp³-hybridized carbons (Fsp3) is 0.211. The molecule has 3 rings (SSSR count). The summed E-state index contributed by atoms with van der Waals surface area (Å²) in [6.45, 7) is 0. The summed E-state index contributed by atoms with van der Waals surface area (Å²) in [5, 5.41) is 0. The number of carbonyl (C=O) groups is 2. The van der Waals surface area contributed by atoms with E-state index in [1.807, 2.05) is 48.5 Å². The Hall–Kier alpha value is -2.38. The van der Waals surface area contributed by atoms with Crippen molar-refractivity contribution in [2.24, 2.45) is 0 Å². The molecule has 1 aromatic heterocycles. The number of thioether (sulfide) groups is 1. The molecule has 5 nitrogen and oxygen atoms in total. The van der Waals surface area contributed by atoms with Crippen molar-refractivity contribution < 1.29 is 9.59 Å². The van der Waals surface area contributed by atoms with E-state index in [-0.39, 0.29) is 18.2 Å². The van der Waals surface area contributed by atoms with Crippen LogP contribution in [0.2, 0.25) is 0 Å². The van der Waals surface area contributed by atoms with Gasteiger partial charge in [-0.3, -0.25) is 20.4 Å². The topological polar surface area (TPSA) is 71.1 Å². The van der Waals surface area contributed by atoms with Gasteiger partial charge in [0.25, 0.3) is 0 Å². The molecule has 0 aliphatic rings. The molecule has 0 atom stereocenters. The molecular formula is C19H19N3O2S2. The van der Waals surface area contributed by atoms with Gasteiger partial charge in [0.1, 0.15) is 0 Å². The van der Waals surface area contributed by atoms with E-state index in [1.54, 1.807) is 23.1 Å². The number of para-hydroxylation sites is 1. The molecule has 3 aromatic rings. The second kappa shape index (κ2) is 9.35. The number of fused-ring (bicyclic) bond motifs is 1. The number of aromatic nitrogens is 1. The zero-order chi connectivity index (χ0) is 18.2. The van der Waals surface area contributed by atoms with Crippen LogP contribution < -0.4 is 10.9 Å². The number of nitrogens with zero attached hydrogens (tertiary/aromatic N) is 1. The molecule has 7 heteroatoms. The molecule has 0 saturated heterocycles. The fourth-order valence-corrected chi connectivity index (χ4v) is 4.41. The van der Waals surface area contributed by atoms with Crippen LogP contribution in [0.1, 0.15) is 18.4 Å². The number of amides is 2. The van der Waals surface area contributed by atoms with Crippen molar-refractivity contribution in [2.45, 2.75) is 23.6 Å². The van der Waals surface area contributed by atoms with Crippen LogP contribution in [0.15, 0.2) is 58.9 Å². The second-order valence-corrected chi connectivity index (χ2v) is 8.03. The van der Waals surface area contributed by atoms with Crippen molar-refractivity contribution in [3.8, 4) is 0 Å². The minimum atomic E-state index is -0.228. The molecule has 0 radical (unpaired) electrons. The standard InChI is InChI=1S/C19H19N3O2S2/c23-17(21-22-18(24)13-14-7-2-1-3-8-14)11-6-12-25-19-20-15-9-4-5-10-16(15)26-19/h1-5,7-10H,6,11-13H2,(H,21,23)(H,22,24). The van der Waals surface area contributed by atoms with Gasteiger partial charge in [0, 0.05) is 12.2 Å². The molecule has 0 aliphatic heterocycles. The molecule has 134 valence electrons. The number of hydrogen-bond donors (Lipinski definition) is 2. The lowest BCUT2D eigenvalue weighted by Gasteiger charge is -2.07. The number of hydrazine groups is 1. The first-order valence-corrected chi connectivity index (χ1v) is 10.1. The quantitative estimate of drug-likeness (QED) is 0.371. The van der Waals surface area contributed by atoms with Crippen LogP contribution in [-0.4, -0.2) is 22.6 Å². The molecule has 2 aromatic carbocycles. The van der Waals surface area contributed by atoms with E-state index >= 15 is 0 Å². The lowest BCUT2D eigenvalue weighted by molar-refractivity contribution is -0.128. The Bertz CT molecular complexity index is 848. The zero-order valence-corrected chi connectivity index (χ0v) is 15.7. The van der Waals surface area contributed by atoms with Gasteiger partial charge in [0.05, 0.1) is 16.6 Å². The Kier molecular flexibility index (Phi) is 6.62. The third-order valence-corrected chi connectivity index (χ3v) is 5.86. The van der Waals surface area contributed by atoms with Gasteiger partial charge in [0.2, 0.25) is 11.8 Å². The van der Waals surface area contributed by atoms with Crippen LogP contribution in [-0.2, 0) is 16.0 Å². The first kappa shape index (κ1) is 18.4. The monoisotopic (exact) mass is 385 g/mol. The van der Waals surface area contributed by atoms with Gasteiger partial charge in [0.15, 0.2) is 4.34 Å². The lowest BCUT2D eigenvalue weighted by atomic mass is 10.1. The molecule has 0 bridgehead atoms. The second-order valence-electron chi connectivity index (χ2n) is 5.66. The summed E-state index contributed by atoms with van der Waals surface area (Å²) in [5.74, 6) is 0.398. The van der Waals surface area contributed by atoms with E-state index in [2.05, 4.69) is 21.9 Å². The highest BCUT2D eigenvalue weighted by molar-refractivity contribution is 8.01. The van der Waals surface area contributed by atoms with Crippen LogP contribution in [0.25, 0.3) is 10.2 Å². The summed E-state index contributed by atoms with van der Waals surface area (Å²) in [6, 6.07) is 17.5. The van der Waals surface area contributed by atoms with Crippen molar-refractivity contribution in [2.75, 3.05) is 5.75 Å². The third kappa shape index (κ3) is 5.57. The third-order valence-electron chi connectivity index (χ3n) is 3.60. The largest absolute Gasteiger partial charge is 0.273 e. The summed E-state index contributed by atoms with van der Waals surface area (Å²) >= 11 is 3.32. The summed E-state index contributed by atoms with van der Waals surface area (Å²) in [7, 11) is 0. The van der Waals surface area contributed by atoms with Gasteiger partial charge in [-0.15, -0.1) is 11.3 Å². The van der Waals surface area contributed by atoms with Gasteiger partial charge in [-0.1, -0.05) is 54.2 Å². The van der Waals surface area contributed by atoms with E-state index in [1.165, 1.54) is 4.70 Å². The molecule has 26 heavy (non-hydrogen) atoms. The SMILES string of the molecule is O=C(CCCSc1nc2ccccc2s1)NNC(=O)Cc1ccccc1. The Balaban J connectivity index is 1.32.